The molecule has 0 saturated carbocycles. The molecule has 7 heteroatoms. The van der Waals surface area contributed by atoms with Crippen molar-refractivity contribution in [1.29, 1.82) is 0 Å². The van der Waals surface area contributed by atoms with Crippen molar-refractivity contribution in [3.8, 4) is 5.75 Å². The maximum atomic E-state index is 13.2. The van der Waals surface area contributed by atoms with Crippen LogP contribution in [0.1, 0.15) is 52.0 Å². The number of halogens is 2. The highest BCUT2D eigenvalue weighted by Gasteiger charge is 2.29. The largest absolute Gasteiger partial charge is 0.494 e. The van der Waals surface area contributed by atoms with Crippen LogP contribution in [0.2, 0.25) is 10.0 Å². The number of carbonyl (C=O) groups is 2. The van der Waals surface area contributed by atoms with Crippen LogP contribution in [-0.4, -0.2) is 35.4 Å². The molecule has 0 heterocycles. The first-order valence-corrected chi connectivity index (χ1v) is 11.8. The Balaban J connectivity index is 2.10. The minimum Gasteiger partial charge on any atom is -0.494 e. The van der Waals surface area contributed by atoms with Crippen LogP contribution < -0.4 is 10.1 Å². The van der Waals surface area contributed by atoms with Crippen molar-refractivity contribution >= 4 is 35.0 Å². The summed E-state index contributed by atoms with van der Waals surface area (Å²) in [7, 11) is 0. The fourth-order valence-electron chi connectivity index (χ4n) is 3.27. The number of benzene rings is 2. The molecule has 2 amide bonds. The molecule has 2 aromatic carbocycles. The number of hydrogen-bond donors (Lipinski definition) is 1. The third-order valence-corrected chi connectivity index (χ3v) is 6.01. The van der Waals surface area contributed by atoms with E-state index in [0.717, 1.165) is 17.7 Å². The Morgan fingerprint density at radius 3 is 2.38 bits per heavy atom. The number of nitrogens with one attached hydrogen (secondary N) is 1. The summed E-state index contributed by atoms with van der Waals surface area (Å²) >= 11 is 12.2. The van der Waals surface area contributed by atoms with E-state index < -0.39 is 6.04 Å². The number of ether oxygens (including phenoxy) is 1. The van der Waals surface area contributed by atoms with Crippen molar-refractivity contribution in [1.82, 2.24) is 10.2 Å². The second-order valence-electron chi connectivity index (χ2n) is 7.78. The van der Waals surface area contributed by atoms with Gasteiger partial charge in [0.15, 0.2) is 0 Å². The van der Waals surface area contributed by atoms with Crippen LogP contribution in [0.5, 0.6) is 5.75 Å². The number of para-hydroxylation sites is 1. The zero-order valence-electron chi connectivity index (χ0n) is 18.9. The molecule has 2 rings (SSSR count). The standard InChI is InChI=1S/C25H32Cl2N2O3/c1-4-18(3)28-25(31)23(5-2)29(17-19-13-14-21(26)22(27)16-19)24(30)12-9-15-32-20-10-7-6-8-11-20/h6-8,10-11,13-14,16,18,23H,4-5,9,12,15,17H2,1-3H3,(H,28,31)/t18-,23-/m1/s1. The first-order valence-electron chi connectivity index (χ1n) is 11.1. The van der Waals surface area contributed by atoms with Gasteiger partial charge < -0.3 is 15.0 Å². The molecule has 0 aliphatic carbocycles. The summed E-state index contributed by atoms with van der Waals surface area (Å²) in [4.78, 5) is 27.8. The van der Waals surface area contributed by atoms with E-state index in [-0.39, 0.29) is 30.8 Å². The quantitative estimate of drug-likeness (QED) is 0.387. The van der Waals surface area contributed by atoms with Gasteiger partial charge in [0.05, 0.1) is 16.7 Å². The summed E-state index contributed by atoms with van der Waals surface area (Å²) in [5, 5.41) is 3.88. The minimum absolute atomic E-state index is 0.0396. The lowest BCUT2D eigenvalue weighted by molar-refractivity contribution is -0.141. The molecular weight excluding hydrogens is 447 g/mol. The Kier molecular flexibility index (Phi) is 10.8. The van der Waals surface area contributed by atoms with Gasteiger partial charge in [-0.15, -0.1) is 0 Å². The molecule has 32 heavy (non-hydrogen) atoms. The Bertz CT molecular complexity index is 877. The summed E-state index contributed by atoms with van der Waals surface area (Å²) < 4.78 is 5.70. The van der Waals surface area contributed by atoms with Crippen molar-refractivity contribution in [2.75, 3.05) is 6.61 Å². The van der Waals surface area contributed by atoms with Crippen molar-refractivity contribution in [2.45, 2.75) is 65.1 Å². The van der Waals surface area contributed by atoms with Gasteiger partial charge in [0.25, 0.3) is 0 Å². The molecule has 2 aromatic rings. The van der Waals surface area contributed by atoms with Crippen LogP contribution in [0, 0.1) is 0 Å². The highest BCUT2D eigenvalue weighted by molar-refractivity contribution is 6.42. The molecular formula is C25H32Cl2N2O3. The van der Waals surface area contributed by atoms with Crippen molar-refractivity contribution in [3.05, 3.63) is 64.1 Å². The van der Waals surface area contributed by atoms with E-state index >= 15 is 0 Å². The molecule has 0 spiro atoms. The van der Waals surface area contributed by atoms with E-state index in [4.69, 9.17) is 27.9 Å². The van der Waals surface area contributed by atoms with Crippen LogP contribution >= 0.6 is 23.2 Å². The molecule has 2 atom stereocenters. The topological polar surface area (TPSA) is 58.6 Å². The summed E-state index contributed by atoms with van der Waals surface area (Å²) in [5.41, 5.74) is 0.822. The molecule has 0 radical (unpaired) electrons. The summed E-state index contributed by atoms with van der Waals surface area (Å²) in [6.45, 7) is 6.58. The summed E-state index contributed by atoms with van der Waals surface area (Å²) in [6, 6.07) is 14.2. The Labute approximate surface area is 201 Å². The molecule has 5 nitrogen and oxygen atoms in total. The number of rotatable bonds is 12. The van der Waals surface area contributed by atoms with Crippen molar-refractivity contribution < 1.29 is 14.3 Å². The highest BCUT2D eigenvalue weighted by Crippen LogP contribution is 2.24. The van der Waals surface area contributed by atoms with Gasteiger partial charge in [-0.05, 0) is 56.0 Å². The average molecular weight is 479 g/mol. The smallest absolute Gasteiger partial charge is 0.243 e. The predicted octanol–water partition coefficient (Wildman–Crippen LogP) is 5.87. The van der Waals surface area contributed by atoms with Crippen LogP contribution in [0.3, 0.4) is 0 Å². The number of hydrogen-bond acceptors (Lipinski definition) is 3. The Morgan fingerprint density at radius 2 is 1.75 bits per heavy atom. The molecule has 0 unspecified atom stereocenters. The van der Waals surface area contributed by atoms with Crippen LogP contribution in [-0.2, 0) is 16.1 Å². The lowest BCUT2D eigenvalue weighted by Gasteiger charge is -2.31. The molecule has 0 saturated heterocycles. The van der Waals surface area contributed by atoms with E-state index in [0.29, 0.717) is 29.5 Å². The second-order valence-corrected chi connectivity index (χ2v) is 8.59. The lowest BCUT2D eigenvalue weighted by Crippen LogP contribution is -2.50. The molecule has 0 fully saturated rings. The molecule has 0 aliphatic heterocycles. The van der Waals surface area contributed by atoms with Gasteiger partial charge >= 0.3 is 0 Å². The lowest BCUT2D eigenvalue weighted by atomic mass is 10.1. The van der Waals surface area contributed by atoms with E-state index in [1.807, 2.05) is 57.2 Å². The van der Waals surface area contributed by atoms with Gasteiger partial charge in [0.2, 0.25) is 11.8 Å². The maximum Gasteiger partial charge on any atom is 0.243 e. The zero-order valence-corrected chi connectivity index (χ0v) is 20.5. The zero-order chi connectivity index (χ0) is 23.5. The first kappa shape index (κ1) is 26.0. The molecule has 174 valence electrons. The van der Waals surface area contributed by atoms with Gasteiger partial charge in [0, 0.05) is 19.0 Å². The third-order valence-electron chi connectivity index (χ3n) is 5.27. The fraction of sp³-hybridized carbons (Fsp3) is 0.440. The molecule has 0 bridgehead atoms. The van der Waals surface area contributed by atoms with Gasteiger partial charge in [-0.2, -0.15) is 0 Å². The number of amides is 2. The highest BCUT2D eigenvalue weighted by atomic mass is 35.5. The first-order chi connectivity index (χ1) is 15.3. The van der Waals surface area contributed by atoms with Crippen LogP contribution in [0.25, 0.3) is 0 Å². The van der Waals surface area contributed by atoms with Crippen molar-refractivity contribution in [3.63, 3.8) is 0 Å². The minimum atomic E-state index is -0.569. The number of nitrogens with zero attached hydrogens (tertiary/aromatic N) is 1. The normalized spacial score (nSPS) is 12.7. The average Bonchev–Trinajstić information content (AvgIpc) is 2.79. The van der Waals surface area contributed by atoms with Gasteiger partial charge in [-0.25, -0.2) is 0 Å². The van der Waals surface area contributed by atoms with Crippen molar-refractivity contribution in [2.24, 2.45) is 0 Å². The fourth-order valence-corrected chi connectivity index (χ4v) is 3.59. The van der Waals surface area contributed by atoms with E-state index in [1.54, 1.807) is 17.0 Å². The molecule has 0 aliphatic rings. The monoisotopic (exact) mass is 478 g/mol. The van der Waals surface area contributed by atoms with Crippen LogP contribution in [0.15, 0.2) is 48.5 Å². The van der Waals surface area contributed by atoms with Gasteiger partial charge in [-0.1, -0.05) is 61.3 Å². The Morgan fingerprint density at radius 1 is 1.03 bits per heavy atom. The van der Waals surface area contributed by atoms with E-state index in [9.17, 15) is 9.59 Å². The van der Waals surface area contributed by atoms with Crippen LogP contribution in [0.4, 0.5) is 0 Å². The third kappa shape index (κ3) is 8.03. The van der Waals surface area contributed by atoms with E-state index in [2.05, 4.69) is 5.32 Å². The molecule has 1 N–H and O–H groups in total. The Hall–Kier alpha value is -2.24. The second kappa shape index (κ2) is 13.3. The van der Waals surface area contributed by atoms with E-state index in [1.165, 1.54) is 0 Å². The number of carbonyl (C=O) groups excluding carboxylic acids is 2. The summed E-state index contributed by atoms with van der Waals surface area (Å²) in [6.07, 6.45) is 2.16. The van der Waals surface area contributed by atoms with Gasteiger partial charge in [-0.3, -0.25) is 9.59 Å². The predicted molar refractivity (Wildman–Crippen MR) is 130 cm³/mol. The molecule has 0 aromatic heterocycles. The summed E-state index contributed by atoms with van der Waals surface area (Å²) in [5.74, 6) is 0.529. The maximum absolute atomic E-state index is 13.2. The van der Waals surface area contributed by atoms with Gasteiger partial charge in [0.1, 0.15) is 11.8 Å². The SMILES string of the molecule is CC[C@@H](C)NC(=O)[C@@H](CC)N(Cc1ccc(Cl)c(Cl)c1)C(=O)CCCOc1ccccc1.